The second kappa shape index (κ2) is 12.8. The topological polar surface area (TPSA) is 143 Å². The summed E-state index contributed by atoms with van der Waals surface area (Å²) in [5, 5.41) is 21.6. The van der Waals surface area contributed by atoms with Crippen molar-refractivity contribution in [3.63, 3.8) is 0 Å². The maximum absolute atomic E-state index is 13.4. The average Bonchev–Trinajstić information content (AvgIpc) is 3.44. The number of benzene rings is 3. The van der Waals surface area contributed by atoms with Crippen molar-refractivity contribution < 1.29 is 34.1 Å². The molecule has 0 unspecified atom stereocenters. The van der Waals surface area contributed by atoms with Crippen molar-refractivity contribution in [3.8, 4) is 22.8 Å². The van der Waals surface area contributed by atoms with E-state index in [0.29, 0.717) is 48.2 Å². The zero-order valence-corrected chi connectivity index (χ0v) is 24.1. The highest BCUT2D eigenvalue weighted by atomic mass is 16.5. The van der Waals surface area contributed by atoms with Crippen LogP contribution < -0.4 is 14.8 Å². The zero-order valence-electron chi connectivity index (χ0n) is 24.1. The van der Waals surface area contributed by atoms with Gasteiger partial charge in [0.05, 0.1) is 6.54 Å². The molecule has 1 aliphatic heterocycles. The number of imidazole rings is 1. The fraction of sp³-hybridized carbons (Fsp3) is 0.176. The molecule has 11 nitrogen and oxygen atoms in total. The first-order valence-corrected chi connectivity index (χ1v) is 14.4. The third-order valence-corrected chi connectivity index (χ3v) is 7.57. The average molecular weight is 607 g/mol. The molecule has 3 heterocycles. The Balaban J connectivity index is 1.29. The van der Waals surface area contributed by atoms with Gasteiger partial charge in [0.1, 0.15) is 23.9 Å². The second-order valence-corrected chi connectivity index (χ2v) is 10.5. The Kier molecular flexibility index (Phi) is 8.32. The van der Waals surface area contributed by atoms with Crippen LogP contribution in [0.25, 0.3) is 16.9 Å². The van der Waals surface area contributed by atoms with E-state index in [4.69, 9.17) is 14.5 Å². The van der Waals surface area contributed by atoms with Crippen molar-refractivity contribution in [1.29, 1.82) is 0 Å². The van der Waals surface area contributed by atoms with Crippen molar-refractivity contribution in [2.24, 2.45) is 0 Å². The van der Waals surface area contributed by atoms with Crippen LogP contribution >= 0.6 is 0 Å². The van der Waals surface area contributed by atoms with Gasteiger partial charge in [-0.2, -0.15) is 0 Å². The summed E-state index contributed by atoms with van der Waals surface area (Å²) in [6.45, 7) is 1.53. The molecule has 228 valence electrons. The Morgan fingerprint density at radius 3 is 2.31 bits per heavy atom. The molecule has 1 aliphatic rings. The molecule has 45 heavy (non-hydrogen) atoms. The van der Waals surface area contributed by atoms with E-state index in [-0.39, 0.29) is 18.2 Å². The van der Waals surface area contributed by atoms with E-state index in [9.17, 15) is 24.6 Å². The monoisotopic (exact) mass is 606 g/mol. The Bertz CT molecular complexity index is 1840. The van der Waals surface area contributed by atoms with E-state index in [1.807, 2.05) is 76.2 Å². The summed E-state index contributed by atoms with van der Waals surface area (Å²) in [5.74, 6) is -2.10. The lowest BCUT2D eigenvalue weighted by Crippen LogP contribution is -2.39. The maximum atomic E-state index is 13.4. The molecule has 0 radical (unpaired) electrons. The van der Waals surface area contributed by atoms with Gasteiger partial charge in [-0.25, -0.2) is 14.6 Å². The Hall–Kier alpha value is -5.84. The number of pyridine rings is 1. The Labute approximate surface area is 258 Å². The molecule has 2 aromatic heterocycles. The van der Waals surface area contributed by atoms with E-state index in [1.165, 1.54) is 17.7 Å². The van der Waals surface area contributed by atoms with Gasteiger partial charge in [-0.15, -0.1) is 0 Å². The molecular formula is C34H30N4O7. The van der Waals surface area contributed by atoms with Crippen molar-refractivity contribution in [3.05, 3.63) is 114 Å². The lowest BCUT2D eigenvalue weighted by atomic mass is 10.00. The van der Waals surface area contributed by atoms with Gasteiger partial charge in [0.2, 0.25) is 5.91 Å². The van der Waals surface area contributed by atoms with Gasteiger partial charge < -0.3 is 29.9 Å². The molecule has 0 aliphatic carbocycles. The van der Waals surface area contributed by atoms with Crippen molar-refractivity contribution in [1.82, 2.24) is 14.3 Å². The quantitative estimate of drug-likeness (QED) is 0.185. The summed E-state index contributed by atoms with van der Waals surface area (Å²) >= 11 is 0. The number of amides is 1. The molecule has 5 aromatic rings. The van der Waals surface area contributed by atoms with E-state index in [0.717, 1.165) is 17.5 Å². The highest BCUT2D eigenvalue weighted by Crippen LogP contribution is 2.34. The fourth-order valence-corrected chi connectivity index (χ4v) is 5.27. The van der Waals surface area contributed by atoms with Crippen molar-refractivity contribution in [2.75, 3.05) is 18.4 Å². The number of rotatable bonds is 11. The fourth-order valence-electron chi connectivity index (χ4n) is 5.27. The van der Waals surface area contributed by atoms with Crippen LogP contribution in [0.2, 0.25) is 0 Å². The predicted octanol–water partition coefficient (Wildman–Crippen LogP) is 4.49. The van der Waals surface area contributed by atoms with Gasteiger partial charge in [-0.3, -0.25) is 9.20 Å². The number of fused-ring (bicyclic) bond motifs is 2. The van der Waals surface area contributed by atoms with Crippen LogP contribution in [0.1, 0.15) is 16.7 Å². The molecule has 1 amide bonds. The van der Waals surface area contributed by atoms with Gasteiger partial charge in [-0.1, -0.05) is 54.6 Å². The number of carboxylic acids is 2. The molecule has 0 bridgehead atoms. The normalized spacial score (nSPS) is 12.5. The minimum absolute atomic E-state index is 0.0260. The highest BCUT2D eigenvalue weighted by molar-refractivity contribution is 5.96. The van der Waals surface area contributed by atoms with Gasteiger partial charge in [0.15, 0.2) is 11.4 Å². The number of carboxylic acid groups (broad SMARTS) is 2. The number of anilines is 1. The van der Waals surface area contributed by atoms with Crippen molar-refractivity contribution >= 4 is 29.3 Å². The van der Waals surface area contributed by atoms with Crippen LogP contribution in [0.15, 0.2) is 97.2 Å². The maximum Gasteiger partial charge on any atom is 0.356 e. The van der Waals surface area contributed by atoms with E-state index >= 15 is 0 Å². The molecule has 0 atom stereocenters. The van der Waals surface area contributed by atoms with Crippen LogP contribution in [-0.4, -0.2) is 61.5 Å². The van der Waals surface area contributed by atoms with E-state index in [1.54, 1.807) is 12.1 Å². The number of hydrogen-bond donors (Lipinski definition) is 3. The molecule has 6 rings (SSSR count). The number of aliphatic carboxylic acids is 2. The highest BCUT2D eigenvalue weighted by Gasteiger charge is 2.28. The molecule has 0 spiro atoms. The lowest BCUT2D eigenvalue weighted by molar-refractivity contribution is -0.159. The number of ether oxygens (including phenoxy) is 2. The van der Waals surface area contributed by atoms with E-state index in [2.05, 4.69) is 11.4 Å². The smallest absolute Gasteiger partial charge is 0.356 e. The van der Waals surface area contributed by atoms with Gasteiger partial charge in [-0.05, 0) is 59.5 Å². The number of carbonyl (C=O) groups excluding carboxylic acids is 1. The number of aromatic nitrogens is 2. The van der Waals surface area contributed by atoms with Crippen LogP contribution in [0.3, 0.4) is 0 Å². The number of nitrogens with zero attached hydrogens (tertiary/aromatic N) is 3. The molecule has 3 aromatic carbocycles. The molecule has 0 fully saturated rings. The number of carbonyl (C=O) groups is 3. The minimum Gasteiger partial charge on any atom is -0.485 e. The van der Waals surface area contributed by atoms with Gasteiger partial charge in [0.25, 0.3) is 6.10 Å². The molecule has 3 N–H and O–H groups in total. The number of hydrogen-bond acceptors (Lipinski definition) is 7. The molecular weight excluding hydrogens is 576 g/mol. The summed E-state index contributed by atoms with van der Waals surface area (Å²) in [7, 11) is 0. The first-order chi connectivity index (χ1) is 21.9. The van der Waals surface area contributed by atoms with Crippen LogP contribution in [0.5, 0.6) is 11.5 Å². The minimum atomic E-state index is -2.04. The standard InChI is InChI=1S/C34H30N4O7/c39-28(37-18-16-23-9-4-5-10-25(23)20-37)19-35-32-29(24-12-14-26(15-13-24)45-30(33(40)41)34(42)43)36-31-27(11-6-17-38(31)32)44-21-22-7-2-1-3-8-22/h1-15,17,30,35H,16,18-21H2,(H,40,41)(H,42,43). The predicted molar refractivity (Wildman–Crippen MR) is 165 cm³/mol. The van der Waals surface area contributed by atoms with E-state index < -0.39 is 18.0 Å². The summed E-state index contributed by atoms with van der Waals surface area (Å²) in [6.07, 6.45) is 0.581. The SMILES string of the molecule is O=C(O)C(Oc1ccc(-c2nc3c(OCc4ccccc4)cccn3c2NCC(=O)N2CCc3ccccc3C2)cc1)C(=O)O. The summed E-state index contributed by atoms with van der Waals surface area (Å²) in [4.78, 5) is 42.7. The summed E-state index contributed by atoms with van der Waals surface area (Å²) in [6, 6.07) is 27.8. The first kappa shape index (κ1) is 29.2. The lowest BCUT2D eigenvalue weighted by Gasteiger charge is -2.29. The Morgan fingerprint density at radius 2 is 1.58 bits per heavy atom. The van der Waals surface area contributed by atoms with Gasteiger partial charge in [0, 0.05) is 24.8 Å². The summed E-state index contributed by atoms with van der Waals surface area (Å²) < 4.78 is 13.1. The Morgan fingerprint density at radius 1 is 0.867 bits per heavy atom. The molecule has 0 saturated heterocycles. The summed E-state index contributed by atoms with van der Waals surface area (Å²) in [5.41, 5.74) is 5.07. The molecule has 11 heteroatoms. The van der Waals surface area contributed by atoms with Gasteiger partial charge >= 0.3 is 11.9 Å². The molecule has 0 saturated carbocycles. The largest absolute Gasteiger partial charge is 0.485 e. The number of nitrogens with one attached hydrogen (secondary N) is 1. The third-order valence-electron chi connectivity index (χ3n) is 7.57. The van der Waals surface area contributed by atoms with Crippen LogP contribution in [0.4, 0.5) is 5.82 Å². The third kappa shape index (κ3) is 6.42. The zero-order chi connectivity index (χ0) is 31.3. The van der Waals surface area contributed by atoms with Crippen LogP contribution in [-0.2, 0) is 34.0 Å². The van der Waals surface area contributed by atoms with Crippen LogP contribution in [0, 0.1) is 0 Å². The van der Waals surface area contributed by atoms with Crippen molar-refractivity contribution in [2.45, 2.75) is 25.7 Å². The first-order valence-electron chi connectivity index (χ1n) is 14.4. The second-order valence-electron chi connectivity index (χ2n) is 10.5.